The van der Waals surface area contributed by atoms with Gasteiger partial charge in [-0.25, -0.2) is 13.2 Å². The van der Waals surface area contributed by atoms with Crippen LogP contribution < -0.4 is 0 Å². The van der Waals surface area contributed by atoms with Crippen LogP contribution >= 0.6 is 0 Å². The molecule has 0 spiro atoms. The molecular formula is C19H26N2O6S. The summed E-state index contributed by atoms with van der Waals surface area (Å²) in [5.41, 5.74) is 0.305. The molecule has 9 heteroatoms. The fourth-order valence-corrected chi connectivity index (χ4v) is 5.05. The predicted octanol–water partition coefficient (Wildman–Crippen LogP) is 1.12. The number of ether oxygens (including phenoxy) is 2. The molecule has 3 rings (SSSR count). The fraction of sp³-hybridized carbons (Fsp3) is 0.579. The van der Waals surface area contributed by atoms with E-state index in [1.165, 1.54) is 28.6 Å². The molecule has 2 saturated heterocycles. The van der Waals surface area contributed by atoms with Crippen molar-refractivity contribution in [2.24, 2.45) is 5.92 Å². The first-order valence-electron chi connectivity index (χ1n) is 9.57. The zero-order chi connectivity index (χ0) is 20.1. The topological polar surface area (TPSA) is 93.2 Å². The minimum atomic E-state index is -3.73. The van der Waals surface area contributed by atoms with Crippen LogP contribution in [0.25, 0.3) is 0 Å². The maximum atomic E-state index is 13.0. The molecule has 2 aliphatic heterocycles. The van der Waals surface area contributed by atoms with Gasteiger partial charge in [-0.3, -0.25) is 4.79 Å². The molecule has 8 nitrogen and oxygen atoms in total. The Labute approximate surface area is 165 Å². The van der Waals surface area contributed by atoms with Crippen molar-refractivity contribution in [2.45, 2.75) is 24.7 Å². The predicted molar refractivity (Wildman–Crippen MR) is 101 cm³/mol. The van der Waals surface area contributed by atoms with Gasteiger partial charge in [0, 0.05) is 26.2 Å². The van der Waals surface area contributed by atoms with Crippen LogP contribution in [0.15, 0.2) is 29.2 Å². The van der Waals surface area contributed by atoms with Crippen molar-refractivity contribution in [1.82, 2.24) is 9.21 Å². The number of carbonyl (C=O) groups is 2. The fourth-order valence-electron chi connectivity index (χ4n) is 3.53. The minimum Gasteiger partial charge on any atom is -0.462 e. The Bertz CT molecular complexity index is 802. The summed E-state index contributed by atoms with van der Waals surface area (Å²) in [6.45, 7) is 4.68. The van der Waals surface area contributed by atoms with Gasteiger partial charge in [-0.1, -0.05) is 0 Å². The highest BCUT2D eigenvalue weighted by atomic mass is 32.2. The van der Waals surface area contributed by atoms with E-state index in [0.717, 1.165) is 0 Å². The van der Waals surface area contributed by atoms with Crippen LogP contribution in [-0.4, -0.2) is 75.5 Å². The minimum absolute atomic E-state index is 0.000795. The Morgan fingerprint density at radius 1 is 1.14 bits per heavy atom. The number of benzene rings is 1. The summed E-state index contributed by atoms with van der Waals surface area (Å²) in [6, 6.07) is 5.72. The van der Waals surface area contributed by atoms with Crippen LogP contribution in [0.3, 0.4) is 0 Å². The van der Waals surface area contributed by atoms with Crippen LogP contribution in [0.5, 0.6) is 0 Å². The lowest BCUT2D eigenvalue weighted by Crippen LogP contribution is -2.49. The second-order valence-corrected chi connectivity index (χ2v) is 8.82. The van der Waals surface area contributed by atoms with Gasteiger partial charge in [-0.15, -0.1) is 0 Å². The number of amides is 1. The van der Waals surface area contributed by atoms with Crippen molar-refractivity contribution in [3.8, 4) is 0 Å². The zero-order valence-corrected chi connectivity index (χ0v) is 16.8. The van der Waals surface area contributed by atoms with Crippen LogP contribution in [0.4, 0.5) is 0 Å². The van der Waals surface area contributed by atoms with E-state index in [-0.39, 0.29) is 29.9 Å². The number of nitrogens with zero attached hydrogens (tertiary/aromatic N) is 2. The van der Waals surface area contributed by atoms with Gasteiger partial charge in [-0.05, 0) is 44.0 Å². The highest BCUT2D eigenvalue weighted by molar-refractivity contribution is 7.89. The van der Waals surface area contributed by atoms with Gasteiger partial charge in [0.1, 0.15) is 0 Å². The van der Waals surface area contributed by atoms with Gasteiger partial charge >= 0.3 is 5.97 Å². The van der Waals surface area contributed by atoms with E-state index in [1.807, 2.05) is 0 Å². The maximum absolute atomic E-state index is 13.0. The van der Waals surface area contributed by atoms with Gasteiger partial charge in [0.2, 0.25) is 15.9 Å². The number of sulfonamides is 1. The molecule has 1 unspecified atom stereocenters. The highest BCUT2D eigenvalue weighted by Crippen LogP contribution is 2.25. The summed E-state index contributed by atoms with van der Waals surface area (Å²) in [6.07, 6.45) is 1.32. The molecule has 2 heterocycles. The van der Waals surface area contributed by atoms with Gasteiger partial charge in [0.15, 0.2) is 0 Å². The summed E-state index contributed by atoms with van der Waals surface area (Å²) in [5.74, 6) is -0.818. The molecule has 154 valence electrons. The second-order valence-electron chi connectivity index (χ2n) is 6.88. The molecule has 1 aromatic carbocycles. The van der Waals surface area contributed by atoms with Crippen molar-refractivity contribution in [1.29, 1.82) is 0 Å². The Hall–Kier alpha value is -1.97. The van der Waals surface area contributed by atoms with E-state index in [0.29, 0.717) is 51.3 Å². The van der Waals surface area contributed by atoms with E-state index >= 15 is 0 Å². The molecule has 1 atom stereocenters. The number of carbonyl (C=O) groups excluding carboxylic acids is 2. The first-order valence-corrected chi connectivity index (χ1v) is 11.0. The number of hydrogen-bond donors (Lipinski definition) is 0. The average molecular weight is 410 g/mol. The number of morpholine rings is 1. The van der Waals surface area contributed by atoms with E-state index in [1.54, 1.807) is 11.8 Å². The maximum Gasteiger partial charge on any atom is 0.338 e. The van der Waals surface area contributed by atoms with Crippen molar-refractivity contribution >= 4 is 21.9 Å². The normalized spacial score (nSPS) is 21.3. The van der Waals surface area contributed by atoms with Crippen molar-refractivity contribution in [3.05, 3.63) is 29.8 Å². The first-order chi connectivity index (χ1) is 13.4. The quantitative estimate of drug-likeness (QED) is 0.676. The standard InChI is InChI=1S/C19H26N2O6S/c1-2-27-19(23)15-5-7-17(8-6-15)28(24,25)21-9-3-4-16(14-21)18(22)20-10-12-26-13-11-20/h5-8,16H,2-4,9-14H2,1H3. The van der Waals surface area contributed by atoms with Crippen LogP contribution in [0.2, 0.25) is 0 Å². The summed E-state index contributed by atoms with van der Waals surface area (Å²) in [7, 11) is -3.73. The van der Waals surface area contributed by atoms with E-state index in [2.05, 4.69) is 0 Å². The van der Waals surface area contributed by atoms with Gasteiger partial charge in [0.25, 0.3) is 0 Å². The lowest BCUT2D eigenvalue weighted by Gasteiger charge is -2.35. The van der Waals surface area contributed by atoms with Crippen molar-refractivity contribution in [2.75, 3.05) is 46.0 Å². The Morgan fingerprint density at radius 3 is 2.46 bits per heavy atom. The van der Waals surface area contributed by atoms with Crippen LogP contribution in [0.1, 0.15) is 30.1 Å². The molecule has 0 N–H and O–H groups in total. The number of piperidine rings is 1. The third kappa shape index (κ3) is 4.53. The van der Waals surface area contributed by atoms with Gasteiger partial charge in [0.05, 0.1) is 36.2 Å². The molecule has 0 saturated carbocycles. The Kier molecular flexibility index (Phi) is 6.69. The van der Waals surface area contributed by atoms with Gasteiger partial charge in [-0.2, -0.15) is 4.31 Å². The number of rotatable bonds is 5. The SMILES string of the molecule is CCOC(=O)c1ccc(S(=O)(=O)N2CCCC(C(=O)N3CCOCC3)C2)cc1. The molecule has 0 radical (unpaired) electrons. The van der Waals surface area contributed by atoms with Gasteiger partial charge < -0.3 is 14.4 Å². The number of esters is 1. The van der Waals surface area contributed by atoms with Crippen molar-refractivity contribution < 1.29 is 27.5 Å². The van der Waals surface area contributed by atoms with E-state index in [4.69, 9.17) is 9.47 Å². The molecule has 1 aromatic rings. The molecule has 2 aliphatic rings. The molecule has 0 aromatic heterocycles. The van der Waals surface area contributed by atoms with Crippen LogP contribution in [-0.2, 0) is 24.3 Å². The summed E-state index contributed by atoms with van der Waals surface area (Å²) < 4.78 is 37.6. The third-order valence-corrected chi connectivity index (χ3v) is 6.94. The lowest BCUT2D eigenvalue weighted by molar-refractivity contribution is -0.140. The monoisotopic (exact) mass is 410 g/mol. The number of hydrogen-bond acceptors (Lipinski definition) is 6. The van der Waals surface area contributed by atoms with Crippen LogP contribution in [0, 0.1) is 5.92 Å². The summed E-state index contributed by atoms with van der Waals surface area (Å²) in [4.78, 5) is 26.4. The molecule has 0 aliphatic carbocycles. The summed E-state index contributed by atoms with van der Waals surface area (Å²) in [5, 5.41) is 0. The van der Waals surface area contributed by atoms with Crippen molar-refractivity contribution in [3.63, 3.8) is 0 Å². The molecule has 0 bridgehead atoms. The Balaban J connectivity index is 1.70. The largest absolute Gasteiger partial charge is 0.462 e. The molecule has 1 amide bonds. The lowest BCUT2D eigenvalue weighted by atomic mass is 9.98. The first kappa shape index (κ1) is 20.8. The van der Waals surface area contributed by atoms with E-state index in [9.17, 15) is 18.0 Å². The second kappa shape index (κ2) is 9.02. The molecule has 28 heavy (non-hydrogen) atoms. The molecule has 2 fully saturated rings. The Morgan fingerprint density at radius 2 is 1.82 bits per heavy atom. The third-order valence-electron chi connectivity index (χ3n) is 5.06. The highest BCUT2D eigenvalue weighted by Gasteiger charge is 2.35. The molecular weight excluding hydrogens is 384 g/mol. The summed E-state index contributed by atoms with van der Waals surface area (Å²) >= 11 is 0. The average Bonchev–Trinajstić information content (AvgIpc) is 2.74. The zero-order valence-electron chi connectivity index (χ0n) is 16.0. The van der Waals surface area contributed by atoms with E-state index < -0.39 is 16.0 Å². The smallest absolute Gasteiger partial charge is 0.338 e.